The van der Waals surface area contributed by atoms with Crippen molar-refractivity contribution in [2.45, 2.75) is 26.3 Å². The molecule has 1 aromatic carbocycles. The Morgan fingerprint density at radius 3 is 2.71 bits per heavy atom. The highest BCUT2D eigenvalue weighted by Crippen LogP contribution is 2.08. The van der Waals surface area contributed by atoms with Crippen molar-refractivity contribution in [1.82, 2.24) is 9.78 Å². The number of hydrogen-bond donors (Lipinski definition) is 0. The molecule has 0 spiro atoms. The van der Waals surface area contributed by atoms with Crippen molar-refractivity contribution in [3.63, 3.8) is 0 Å². The van der Waals surface area contributed by atoms with Gasteiger partial charge in [0.1, 0.15) is 0 Å². The zero-order valence-electron chi connectivity index (χ0n) is 11.1. The number of aromatic nitrogens is 2. The molecule has 0 saturated carbocycles. The van der Waals surface area contributed by atoms with Crippen LogP contribution in [0.3, 0.4) is 0 Å². The van der Waals surface area contributed by atoms with E-state index in [-0.39, 0.29) is 17.5 Å². The summed E-state index contributed by atoms with van der Waals surface area (Å²) in [6, 6.07) is 9.94. The van der Waals surface area contributed by atoms with E-state index in [1.165, 1.54) is 10.9 Å². The van der Waals surface area contributed by atoms with Crippen molar-refractivity contribution in [3.05, 3.63) is 64.1 Å². The molecule has 0 unspecified atom stereocenters. The molecule has 0 aliphatic carbocycles. The Morgan fingerprint density at radius 2 is 2.06 bits per heavy atom. The molecule has 0 atom stereocenters. The van der Waals surface area contributed by atoms with Gasteiger partial charge in [-0.3, -0.25) is 4.79 Å². The van der Waals surface area contributed by atoms with Crippen molar-refractivity contribution < 1.29 is 1.37 Å². The normalized spacial score (nSPS) is 11.6. The maximum absolute atomic E-state index is 12.2. The van der Waals surface area contributed by atoms with Gasteiger partial charge in [-0.2, -0.15) is 5.10 Å². The largest absolute Gasteiger partial charge is 0.270 e. The van der Waals surface area contributed by atoms with Crippen LogP contribution in [0.2, 0.25) is 0 Å². The third-order valence-electron chi connectivity index (χ3n) is 2.63. The van der Waals surface area contributed by atoms with Crippen LogP contribution < -0.4 is 5.56 Å². The molecule has 0 amide bonds. The van der Waals surface area contributed by atoms with Crippen molar-refractivity contribution in [1.29, 1.82) is 0 Å². The van der Waals surface area contributed by atoms with E-state index < -0.39 is 0 Å². The summed E-state index contributed by atoms with van der Waals surface area (Å²) < 4.78 is 9.16. The summed E-state index contributed by atoms with van der Waals surface area (Å²) in [4.78, 5) is 12.2. The van der Waals surface area contributed by atoms with Gasteiger partial charge in [0.15, 0.2) is 0 Å². The second-order valence-electron chi connectivity index (χ2n) is 4.31. The fourth-order valence-corrected chi connectivity index (χ4v) is 1.70. The molecular weight excluding hydrogens is 212 g/mol. The fourth-order valence-electron chi connectivity index (χ4n) is 1.70. The second kappa shape index (κ2) is 4.95. The van der Waals surface area contributed by atoms with E-state index in [0.29, 0.717) is 12.1 Å². The van der Waals surface area contributed by atoms with E-state index in [2.05, 4.69) is 5.10 Å². The van der Waals surface area contributed by atoms with E-state index in [4.69, 9.17) is 1.37 Å². The molecule has 2 aromatic rings. The predicted octanol–water partition coefficient (Wildman–Crippen LogP) is 2.42. The zero-order valence-corrected chi connectivity index (χ0v) is 10.1. The van der Waals surface area contributed by atoms with Crippen LogP contribution in [-0.2, 0) is 6.54 Å². The molecule has 3 heteroatoms. The van der Waals surface area contributed by atoms with Crippen LogP contribution in [0.1, 0.15) is 32.3 Å². The quantitative estimate of drug-likeness (QED) is 0.810. The fraction of sp³-hybridized carbons (Fsp3) is 0.286. The maximum Gasteiger partial charge on any atom is 0.270 e. The minimum atomic E-state index is -0.165. The summed E-state index contributed by atoms with van der Waals surface area (Å²) in [7, 11) is 0. The second-order valence-corrected chi connectivity index (χ2v) is 4.31. The monoisotopic (exact) mass is 229 g/mol. The lowest BCUT2D eigenvalue weighted by Crippen LogP contribution is -2.26. The lowest BCUT2D eigenvalue weighted by Gasteiger charge is -2.08. The molecule has 1 heterocycles. The highest BCUT2D eigenvalue weighted by atomic mass is 16.1. The van der Waals surface area contributed by atoms with Gasteiger partial charge in [0.05, 0.1) is 7.92 Å². The third-order valence-corrected chi connectivity index (χ3v) is 2.63. The van der Waals surface area contributed by atoms with Crippen molar-refractivity contribution >= 4 is 0 Å². The Balaban J connectivity index is 2.42. The first-order valence-corrected chi connectivity index (χ1v) is 5.70. The Bertz CT molecular complexity index is 590. The molecular formula is C14H16N2O. The topological polar surface area (TPSA) is 34.9 Å². The molecule has 0 aliphatic heterocycles. The summed E-state index contributed by atoms with van der Waals surface area (Å²) >= 11 is 0. The van der Waals surface area contributed by atoms with Crippen molar-refractivity contribution in [3.8, 4) is 0 Å². The first-order valence-electron chi connectivity index (χ1n) is 6.20. The number of hydrogen-bond acceptors (Lipinski definition) is 2. The summed E-state index contributed by atoms with van der Waals surface area (Å²) in [5.41, 5.74) is 1.39. The minimum Gasteiger partial charge on any atom is -0.267 e. The van der Waals surface area contributed by atoms with Crippen LogP contribution in [0.15, 0.2) is 47.4 Å². The molecule has 0 saturated heterocycles. The summed E-state index contributed by atoms with van der Waals surface area (Å²) in [6.07, 6.45) is 1.44. The van der Waals surface area contributed by atoms with Crippen LogP contribution in [0.4, 0.5) is 0 Å². The summed E-state index contributed by atoms with van der Waals surface area (Å²) in [5.74, 6) is 0.0371. The lowest BCUT2D eigenvalue weighted by molar-refractivity contribution is 0.621. The van der Waals surface area contributed by atoms with Gasteiger partial charge in [-0.25, -0.2) is 4.68 Å². The molecule has 2 rings (SSSR count). The number of nitrogens with zero attached hydrogens (tertiary/aromatic N) is 2. The van der Waals surface area contributed by atoms with Crippen LogP contribution in [0.25, 0.3) is 0 Å². The summed E-state index contributed by atoms with van der Waals surface area (Å²) in [6.45, 7) is 4.28. The highest BCUT2D eigenvalue weighted by molar-refractivity contribution is 5.16. The zero-order chi connectivity index (χ0) is 13.1. The summed E-state index contributed by atoms with van der Waals surface area (Å²) in [5, 5.41) is 4.03. The van der Waals surface area contributed by atoms with Crippen LogP contribution in [0, 0.1) is 0 Å². The molecule has 0 bridgehead atoms. The van der Waals surface area contributed by atoms with Gasteiger partial charge < -0.3 is 0 Å². The Labute approximate surface area is 102 Å². The number of benzene rings is 1. The SMILES string of the molecule is [2H]c1cnn(Cc2ccccc2)c(=O)c1C(C)C. The lowest BCUT2D eigenvalue weighted by atomic mass is 10.1. The molecule has 88 valence electrons. The first kappa shape index (κ1) is 10.3. The molecule has 0 fully saturated rings. The highest BCUT2D eigenvalue weighted by Gasteiger charge is 2.07. The van der Waals surface area contributed by atoms with E-state index in [0.717, 1.165) is 5.56 Å². The average molecular weight is 229 g/mol. The minimum absolute atomic E-state index is 0.0371. The first-order chi connectivity index (χ1) is 8.59. The van der Waals surface area contributed by atoms with Crippen LogP contribution in [0.5, 0.6) is 0 Å². The van der Waals surface area contributed by atoms with Gasteiger partial charge in [-0.1, -0.05) is 44.2 Å². The third kappa shape index (κ3) is 2.61. The molecule has 17 heavy (non-hydrogen) atoms. The standard InChI is InChI=1S/C14H16N2O/c1-11(2)13-8-9-15-16(14(13)17)10-12-6-4-3-5-7-12/h3-9,11H,10H2,1-2H3/i8D. The van der Waals surface area contributed by atoms with E-state index in [1.54, 1.807) is 0 Å². The number of rotatable bonds is 3. The molecule has 0 aliphatic rings. The predicted molar refractivity (Wildman–Crippen MR) is 68.1 cm³/mol. The van der Waals surface area contributed by atoms with Gasteiger partial charge in [0.2, 0.25) is 0 Å². The maximum atomic E-state index is 12.2. The average Bonchev–Trinajstić information content (AvgIpc) is 2.34. The molecule has 1 aromatic heterocycles. The van der Waals surface area contributed by atoms with Gasteiger partial charge in [0.25, 0.3) is 5.56 Å². The molecule has 0 radical (unpaired) electrons. The Morgan fingerprint density at radius 1 is 1.35 bits per heavy atom. The van der Waals surface area contributed by atoms with Gasteiger partial charge in [-0.05, 0) is 17.5 Å². The molecule has 3 nitrogen and oxygen atoms in total. The molecule has 0 N–H and O–H groups in total. The van der Waals surface area contributed by atoms with Gasteiger partial charge >= 0.3 is 0 Å². The van der Waals surface area contributed by atoms with E-state index in [9.17, 15) is 4.79 Å². The Hall–Kier alpha value is -1.90. The van der Waals surface area contributed by atoms with Crippen molar-refractivity contribution in [2.75, 3.05) is 0 Å². The van der Waals surface area contributed by atoms with Crippen LogP contribution in [-0.4, -0.2) is 9.78 Å². The Kier molecular flexibility index (Phi) is 2.99. The van der Waals surface area contributed by atoms with Crippen molar-refractivity contribution in [2.24, 2.45) is 0 Å². The van der Waals surface area contributed by atoms with Gasteiger partial charge in [-0.15, -0.1) is 0 Å². The van der Waals surface area contributed by atoms with Gasteiger partial charge in [0, 0.05) is 11.8 Å². The van der Waals surface area contributed by atoms with Crippen LogP contribution >= 0.6 is 0 Å². The smallest absolute Gasteiger partial charge is 0.267 e. The van der Waals surface area contributed by atoms with E-state index in [1.807, 2.05) is 44.2 Å². The van der Waals surface area contributed by atoms with E-state index >= 15 is 0 Å².